The number of benzene rings is 1. The van der Waals surface area contributed by atoms with Crippen LogP contribution in [0, 0.1) is 0 Å². The molecule has 0 fully saturated rings. The van der Waals surface area contributed by atoms with Crippen LogP contribution in [0.25, 0.3) is 11.0 Å². The SMILES string of the molecule is O=C(O)c1ccc(Cl)c2ccoc12. The Hall–Kier alpha value is -1.48. The molecule has 1 N–H and O–H groups in total. The number of furan rings is 1. The molecule has 0 spiro atoms. The van der Waals surface area contributed by atoms with E-state index in [0.717, 1.165) is 0 Å². The first-order valence-corrected chi connectivity index (χ1v) is 3.97. The largest absolute Gasteiger partial charge is 0.478 e. The molecule has 0 unspecified atom stereocenters. The lowest BCUT2D eigenvalue weighted by molar-refractivity contribution is 0.0698. The molecule has 1 aromatic heterocycles. The van der Waals surface area contributed by atoms with Gasteiger partial charge in [0.2, 0.25) is 0 Å². The van der Waals surface area contributed by atoms with E-state index in [0.29, 0.717) is 16.0 Å². The van der Waals surface area contributed by atoms with Crippen LogP contribution in [0.4, 0.5) is 0 Å². The molecule has 2 rings (SSSR count). The number of halogens is 1. The van der Waals surface area contributed by atoms with Crippen LogP contribution >= 0.6 is 11.6 Å². The lowest BCUT2D eigenvalue weighted by Gasteiger charge is -1.96. The summed E-state index contributed by atoms with van der Waals surface area (Å²) in [5.41, 5.74) is 0.449. The molecule has 4 heteroatoms. The molecule has 0 saturated heterocycles. The third kappa shape index (κ3) is 1.17. The van der Waals surface area contributed by atoms with Gasteiger partial charge < -0.3 is 9.52 Å². The third-order valence-corrected chi connectivity index (χ3v) is 2.12. The van der Waals surface area contributed by atoms with E-state index in [1.54, 1.807) is 12.1 Å². The van der Waals surface area contributed by atoms with Gasteiger partial charge in [-0.05, 0) is 18.2 Å². The summed E-state index contributed by atoms with van der Waals surface area (Å²) in [5.74, 6) is -1.02. The Balaban J connectivity index is 2.86. The Labute approximate surface area is 78.5 Å². The van der Waals surface area contributed by atoms with Crippen LogP contribution in [-0.4, -0.2) is 11.1 Å². The number of fused-ring (bicyclic) bond motifs is 1. The molecular weight excluding hydrogens is 192 g/mol. The van der Waals surface area contributed by atoms with Crippen molar-refractivity contribution in [1.82, 2.24) is 0 Å². The van der Waals surface area contributed by atoms with Gasteiger partial charge in [0, 0.05) is 5.39 Å². The Morgan fingerprint density at radius 1 is 1.38 bits per heavy atom. The number of hydrogen-bond acceptors (Lipinski definition) is 2. The van der Waals surface area contributed by atoms with Crippen molar-refractivity contribution in [2.45, 2.75) is 0 Å². The van der Waals surface area contributed by atoms with E-state index in [1.807, 2.05) is 0 Å². The highest BCUT2D eigenvalue weighted by Crippen LogP contribution is 2.27. The molecule has 2 aromatic rings. The summed E-state index contributed by atoms with van der Waals surface area (Å²) in [6.07, 6.45) is 1.42. The highest BCUT2D eigenvalue weighted by atomic mass is 35.5. The smallest absolute Gasteiger partial charge is 0.339 e. The van der Waals surface area contributed by atoms with Crippen molar-refractivity contribution >= 4 is 28.5 Å². The van der Waals surface area contributed by atoms with Crippen LogP contribution < -0.4 is 0 Å². The maximum absolute atomic E-state index is 10.7. The normalized spacial score (nSPS) is 10.5. The molecule has 0 aliphatic carbocycles. The second-order valence-corrected chi connectivity index (χ2v) is 2.97. The average molecular weight is 197 g/mol. The van der Waals surface area contributed by atoms with Crippen LogP contribution in [0.15, 0.2) is 28.9 Å². The van der Waals surface area contributed by atoms with E-state index in [4.69, 9.17) is 21.1 Å². The molecule has 0 saturated carbocycles. The summed E-state index contributed by atoms with van der Waals surface area (Å²) in [5, 5.41) is 9.91. The van der Waals surface area contributed by atoms with Crippen LogP contribution in [0.1, 0.15) is 10.4 Å². The van der Waals surface area contributed by atoms with Crippen molar-refractivity contribution < 1.29 is 14.3 Å². The fourth-order valence-electron chi connectivity index (χ4n) is 1.20. The fourth-order valence-corrected chi connectivity index (χ4v) is 1.41. The molecule has 13 heavy (non-hydrogen) atoms. The summed E-state index contributed by atoms with van der Waals surface area (Å²) in [4.78, 5) is 10.7. The van der Waals surface area contributed by atoms with Crippen LogP contribution in [-0.2, 0) is 0 Å². The van der Waals surface area contributed by atoms with Gasteiger partial charge in [-0.25, -0.2) is 4.79 Å². The first-order valence-electron chi connectivity index (χ1n) is 3.59. The zero-order chi connectivity index (χ0) is 9.42. The molecule has 0 atom stereocenters. The minimum atomic E-state index is -1.02. The fraction of sp³-hybridized carbons (Fsp3) is 0. The average Bonchev–Trinajstić information content (AvgIpc) is 2.53. The van der Waals surface area contributed by atoms with Crippen molar-refractivity contribution in [1.29, 1.82) is 0 Å². The molecule has 0 amide bonds. The van der Waals surface area contributed by atoms with Gasteiger partial charge in [0.1, 0.15) is 11.1 Å². The Kier molecular flexibility index (Phi) is 1.74. The summed E-state index contributed by atoms with van der Waals surface area (Å²) < 4.78 is 5.03. The van der Waals surface area contributed by atoms with Crippen molar-refractivity contribution in [3.8, 4) is 0 Å². The topological polar surface area (TPSA) is 50.4 Å². The second kappa shape index (κ2) is 2.78. The zero-order valence-corrected chi connectivity index (χ0v) is 7.21. The van der Waals surface area contributed by atoms with E-state index in [1.165, 1.54) is 12.3 Å². The highest BCUT2D eigenvalue weighted by molar-refractivity contribution is 6.35. The first kappa shape index (κ1) is 8.13. The van der Waals surface area contributed by atoms with Gasteiger partial charge in [0.25, 0.3) is 0 Å². The van der Waals surface area contributed by atoms with Crippen molar-refractivity contribution in [3.63, 3.8) is 0 Å². The van der Waals surface area contributed by atoms with Gasteiger partial charge in [0.05, 0.1) is 11.3 Å². The Bertz CT molecular complexity index is 473. The van der Waals surface area contributed by atoms with E-state index in [2.05, 4.69) is 0 Å². The predicted molar refractivity (Wildman–Crippen MR) is 48.2 cm³/mol. The number of carboxylic acid groups (broad SMARTS) is 1. The number of rotatable bonds is 1. The Morgan fingerprint density at radius 3 is 2.85 bits per heavy atom. The lowest BCUT2D eigenvalue weighted by atomic mass is 10.1. The minimum absolute atomic E-state index is 0.129. The summed E-state index contributed by atoms with van der Waals surface area (Å²) >= 11 is 5.82. The van der Waals surface area contributed by atoms with Crippen LogP contribution in [0.5, 0.6) is 0 Å². The van der Waals surface area contributed by atoms with Gasteiger partial charge in [-0.3, -0.25) is 0 Å². The van der Waals surface area contributed by atoms with Gasteiger partial charge in [-0.15, -0.1) is 0 Å². The summed E-state index contributed by atoms with van der Waals surface area (Å²) in [6.45, 7) is 0. The van der Waals surface area contributed by atoms with Crippen LogP contribution in [0.2, 0.25) is 5.02 Å². The van der Waals surface area contributed by atoms with Crippen molar-refractivity contribution in [2.75, 3.05) is 0 Å². The molecule has 0 aliphatic heterocycles. The molecule has 1 aromatic carbocycles. The predicted octanol–water partition coefficient (Wildman–Crippen LogP) is 2.78. The van der Waals surface area contributed by atoms with Gasteiger partial charge >= 0.3 is 5.97 Å². The standard InChI is InChI=1S/C9H5ClO3/c10-7-2-1-6(9(11)12)8-5(7)3-4-13-8/h1-4H,(H,11,12). The van der Waals surface area contributed by atoms with Crippen LogP contribution in [0.3, 0.4) is 0 Å². The van der Waals surface area contributed by atoms with Gasteiger partial charge in [-0.1, -0.05) is 11.6 Å². The quantitative estimate of drug-likeness (QED) is 0.763. The van der Waals surface area contributed by atoms with E-state index in [9.17, 15) is 4.79 Å². The molecule has 0 radical (unpaired) electrons. The molecular formula is C9H5ClO3. The summed E-state index contributed by atoms with van der Waals surface area (Å²) in [6, 6.07) is 4.61. The number of carbonyl (C=O) groups is 1. The summed E-state index contributed by atoms with van der Waals surface area (Å²) in [7, 11) is 0. The third-order valence-electron chi connectivity index (χ3n) is 1.79. The maximum atomic E-state index is 10.7. The molecule has 66 valence electrons. The molecule has 0 aliphatic rings. The van der Waals surface area contributed by atoms with Crippen molar-refractivity contribution in [2.24, 2.45) is 0 Å². The zero-order valence-electron chi connectivity index (χ0n) is 6.45. The lowest BCUT2D eigenvalue weighted by Crippen LogP contribution is -1.95. The molecule has 0 bridgehead atoms. The molecule has 1 heterocycles. The molecule has 3 nitrogen and oxygen atoms in total. The number of carboxylic acids is 1. The minimum Gasteiger partial charge on any atom is -0.478 e. The van der Waals surface area contributed by atoms with E-state index in [-0.39, 0.29) is 5.56 Å². The monoisotopic (exact) mass is 196 g/mol. The number of aromatic carboxylic acids is 1. The maximum Gasteiger partial charge on any atom is 0.339 e. The van der Waals surface area contributed by atoms with Crippen molar-refractivity contribution in [3.05, 3.63) is 35.0 Å². The second-order valence-electron chi connectivity index (χ2n) is 2.56. The van der Waals surface area contributed by atoms with E-state index < -0.39 is 5.97 Å². The number of hydrogen-bond donors (Lipinski definition) is 1. The highest BCUT2D eigenvalue weighted by Gasteiger charge is 2.12. The van der Waals surface area contributed by atoms with Gasteiger partial charge in [-0.2, -0.15) is 0 Å². The first-order chi connectivity index (χ1) is 6.20. The van der Waals surface area contributed by atoms with E-state index >= 15 is 0 Å². The van der Waals surface area contributed by atoms with Gasteiger partial charge in [0.15, 0.2) is 0 Å². The Morgan fingerprint density at radius 2 is 2.15 bits per heavy atom.